The van der Waals surface area contributed by atoms with Crippen LogP contribution in [0, 0.1) is 11.8 Å². The molecule has 1 fully saturated rings. The Bertz CT molecular complexity index is 629. The van der Waals surface area contributed by atoms with E-state index in [2.05, 4.69) is 43.3 Å². The van der Waals surface area contributed by atoms with Gasteiger partial charge in [-0.05, 0) is 30.0 Å². The van der Waals surface area contributed by atoms with Crippen molar-refractivity contribution in [2.24, 2.45) is 11.8 Å². The van der Waals surface area contributed by atoms with Gasteiger partial charge in [-0.25, -0.2) is 0 Å². The standard InChI is InChI=1S/C20H23NOS/c1-16-12-13-21(14-17-8-4-2-5-9-17)20(22)19(16)15-23-18-10-6-3-7-11-18/h2-11,16,19H,12-15H2,1H3/t16-,19-/m1/s1. The van der Waals surface area contributed by atoms with Gasteiger partial charge in [0.2, 0.25) is 5.91 Å². The average Bonchev–Trinajstić information content (AvgIpc) is 2.59. The van der Waals surface area contributed by atoms with Crippen molar-refractivity contribution in [2.45, 2.75) is 24.8 Å². The second-order valence-corrected chi connectivity index (χ2v) is 7.34. The fourth-order valence-corrected chi connectivity index (χ4v) is 4.24. The lowest BCUT2D eigenvalue weighted by Gasteiger charge is -2.36. The van der Waals surface area contributed by atoms with E-state index in [1.165, 1.54) is 10.5 Å². The van der Waals surface area contributed by atoms with Gasteiger partial charge in [-0.15, -0.1) is 11.8 Å². The molecule has 2 atom stereocenters. The number of nitrogens with zero attached hydrogens (tertiary/aromatic N) is 1. The first-order valence-electron chi connectivity index (χ1n) is 8.24. The van der Waals surface area contributed by atoms with Crippen LogP contribution < -0.4 is 0 Å². The van der Waals surface area contributed by atoms with Gasteiger partial charge in [-0.1, -0.05) is 55.5 Å². The molecular formula is C20H23NOS. The lowest BCUT2D eigenvalue weighted by molar-refractivity contribution is -0.140. The molecule has 0 saturated carbocycles. The number of rotatable bonds is 5. The summed E-state index contributed by atoms with van der Waals surface area (Å²) in [7, 11) is 0. The Kier molecular flexibility index (Phi) is 5.39. The number of piperidine rings is 1. The summed E-state index contributed by atoms with van der Waals surface area (Å²) in [5.41, 5.74) is 1.21. The van der Waals surface area contributed by atoms with Crippen molar-refractivity contribution < 1.29 is 4.79 Å². The molecule has 2 aromatic carbocycles. The van der Waals surface area contributed by atoms with Crippen LogP contribution in [0.1, 0.15) is 18.9 Å². The highest BCUT2D eigenvalue weighted by atomic mass is 32.2. The highest BCUT2D eigenvalue weighted by Crippen LogP contribution is 2.31. The number of thioether (sulfide) groups is 1. The van der Waals surface area contributed by atoms with Gasteiger partial charge in [0.05, 0.1) is 5.92 Å². The van der Waals surface area contributed by atoms with Crippen molar-refractivity contribution in [3.63, 3.8) is 0 Å². The lowest BCUT2D eigenvalue weighted by atomic mass is 9.87. The zero-order valence-corrected chi connectivity index (χ0v) is 14.3. The highest BCUT2D eigenvalue weighted by molar-refractivity contribution is 7.99. The van der Waals surface area contributed by atoms with Crippen molar-refractivity contribution in [1.29, 1.82) is 0 Å². The lowest BCUT2D eigenvalue weighted by Crippen LogP contribution is -2.45. The summed E-state index contributed by atoms with van der Waals surface area (Å²) in [5.74, 6) is 1.77. The Hall–Kier alpha value is -1.74. The van der Waals surface area contributed by atoms with E-state index in [4.69, 9.17) is 0 Å². The average molecular weight is 325 g/mol. The Labute approximate surface area is 142 Å². The second-order valence-electron chi connectivity index (χ2n) is 6.24. The van der Waals surface area contributed by atoms with Gasteiger partial charge < -0.3 is 4.90 Å². The van der Waals surface area contributed by atoms with Crippen molar-refractivity contribution in [3.8, 4) is 0 Å². The van der Waals surface area contributed by atoms with Gasteiger partial charge in [0, 0.05) is 23.7 Å². The summed E-state index contributed by atoms with van der Waals surface area (Å²) in [5, 5.41) is 0. The van der Waals surface area contributed by atoms with Crippen LogP contribution in [0.25, 0.3) is 0 Å². The number of hydrogen-bond donors (Lipinski definition) is 0. The third-order valence-corrected chi connectivity index (χ3v) is 5.69. The quantitative estimate of drug-likeness (QED) is 0.756. The maximum atomic E-state index is 12.9. The smallest absolute Gasteiger partial charge is 0.227 e. The number of amides is 1. The Morgan fingerprint density at radius 3 is 2.39 bits per heavy atom. The first-order valence-corrected chi connectivity index (χ1v) is 9.23. The van der Waals surface area contributed by atoms with E-state index in [0.717, 1.165) is 25.3 Å². The van der Waals surface area contributed by atoms with E-state index in [0.29, 0.717) is 11.8 Å². The molecule has 0 spiro atoms. The normalized spacial score (nSPS) is 21.4. The van der Waals surface area contributed by atoms with Gasteiger partial charge in [0.25, 0.3) is 0 Å². The second kappa shape index (κ2) is 7.69. The van der Waals surface area contributed by atoms with Gasteiger partial charge >= 0.3 is 0 Å². The monoisotopic (exact) mass is 325 g/mol. The van der Waals surface area contributed by atoms with E-state index in [1.54, 1.807) is 11.8 Å². The Morgan fingerprint density at radius 1 is 1.04 bits per heavy atom. The molecule has 0 radical (unpaired) electrons. The van der Waals surface area contributed by atoms with Gasteiger partial charge in [-0.3, -0.25) is 4.79 Å². The molecule has 3 heteroatoms. The molecule has 23 heavy (non-hydrogen) atoms. The molecule has 120 valence electrons. The molecule has 0 aromatic heterocycles. The van der Waals surface area contributed by atoms with Crippen LogP contribution in [-0.4, -0.2) is 23.1 Å². The number of carbonyl (C=O) groups excluding carboxylic acids is 1. The van der Waals surface area contributed by atoms with Crippen molar-refractivity contribution >= 4 is 17.7 Å². The summed E-state index contributed by atoms with van der Waals surface area (Å²) >= 11 is 1.80. The predicted octanol–water partition coefficient (Wildman–Crippen LogP) is 4.46. The Morgan fingerprint density at radius 2 is 1.70 bits per heavy atom. The Balaban J connectivity index is 1.63. The van der Waals surface area contributed by atoms with E-state index in [-0.39, 0.29) is 5.92 Å². The molecule has 0 aliphatic carbocycles. The molecule has 0 bridgehead atoms. The summed E-state index contributed by atoms with van der Waals surface area (Å²) in [6.45, 7) is 3.83. The minimum atomic E-state index is 0.123. The number of benzene rings is 2. The number of hydrogen-bond acceptors (Lipinski definition) is 2. The third kappa shape index (κ3) is 4.17. The topological polar surface area (TPSA) is 20.3 Å². The molecule has 1 amide bonds. The van der Waals surface area contributed by atoms with Crippen LogP contribution in [0.15, 0.2) is 65.6 Å². The zero-order valence-electron chi connectivity index (χ0n) is 13.5. The molecule has 1 aliphatic heterocycles. The molecule has 0 N–H and O–H groups in total. The molecule has 2 nitrogen and oxygen atoms in total. The van der Waals surface area contributed by atoms with E-state index in [1.807, 2.05) is 29.2 Å². The van der Waals surface area contributed by atoms with Crippen LogP contribution in [0.4, 0.5) is 0 Å². The fraction of sp³-hybridized carbons (Fsp3) is 0.350. The summed E-state index contributed by atoms with van der Waals surface area (Å²) in [6, 6.07) is 20.6. The maximum absolute atomic E-state index is 12.9. The van der Waals surface area contributed by atoms with Crippen LogP contribution in [0.2, 0.25) is 0 Å². The summed E-state index contributed by atoms with van der Waals surface area (Å²) in [4.78, 5) is 16.2. The molecule has 3 rings (SSSR count). The SMILES string of the molecule is C[C@@H]1CCN(Cc2ccccc2)C(=O)[C@@H]1CSc1ccccc1. The summed E-state index contributed by atoms with van der Waals surface area (Å²) < 4.78 is 0. The maximum Gasteiger partial charge on any atom is 0.227 e. The first-order chi connectivity index (χ1) is 11.2. The van der Waals surface area contributed by atoms with Crippen molar-refractivity contribution in [3.05, 3.63) is 66.2 Å². The van der Waals surface area contributed by atoms with Crippen LogP contribution in [-0.2, 0) is 11.3 Å². The largest absolute Gasteiger partial charge is 0.338 e. The minimum Gasteiger partial charge on any atom is -0.338 e. The minimum absolute atomic E-state index is 0.123. The van der Waals surface area contributed by atoms with Crippen molar-refractivity contribution in [2.75, 3.05) is 12.3 Å². The summed E-state index contributed by atoms with van der Waals surface area (Å²) in [6.07, 6.45) is 1.10. The van der Waals surface area contributed by atoms with Gasteiger partial charge in [0.15, 0.2) is 0 Å². The zero-order chi connectivity index (χ0) is 16.1. The third-order valence-electron chi connectivity index (χ3n) is 4.56. The van der Waals surface area contributed by atoms with Crippen LogP contribution >= 0.6 is 11.8 Å². The molecule has 2 aromatic rings. The predicted molar refractivity (Wildman–Crippen MR) is 96.3 cm³/mol. The first kappa shape index (κ1) is 16.1. The van der Waals surface area contributed by atoms with Gasteiger partial charge in [-0.2, -0.15) is 0 Å². The van der Waals surface area contributed by atoms with E-state index < -0.39 is 0 Å². The van der Waals surface area contributed by atoms with E-state index >= 15 is 0 Å². The van der Waals surface area contributed by atoms with Gasteiger partial charge in [0.1, 0.15) is 0 Å². The van der Waals surface area contributed by atoms with Crippen LogP contribution in [0.5, 0.6) is 0 Å². The molecule has 1 aliphatic rings. The molecular weight excluding hydrogens is 302 g/mol. The fourth-order valence-electron chi connectivity index (χ4n) is 3.05. The molecule has 1 heterocycles. The van der Waals surface area contributed by atoms with E-state index in [9.17, 15) is 4.79 Å². The number of likely N-dealkylation sites (tertiary alicyclic amines) is 1. The molecule has 0 unspecified atom stereocenters. The number of carbonyl (C=O) groups is 1. The highest BCUT2D eigenvalue weighted by Gasteiger charge is 2.33. The van der Waals surface area contributed by atoms with Crippen molar-refractivity contribution in [1.82, 2.24) is 4.90 Å². The molecule has 1 saturated heterocycles. The van der Waals surface area contributed by atoms with Crippen LogP contribution in [0.3, 0.4) is 0 Å².